The van der Waals surface area contributed by atoms with Gasteiger partial charge in [-0.2, -0.15) is 19.3 Å². The Morgan fingerprint density at radius 1 is 1.38 bits per heavy atom. The van der Waals surface area contributed by atoms with E-state index in [1.165, 1.54) is 12.1 Å². The Bertz CT molecular complexity index is 620. The Balaban J connectivity index is 2.99. The van der Waals surface area contributed by atoms with Crippen LogP contribution >= 0.6 is 23.2 Å². The van der Waals surface area contributed by atoms with Gasteiger partial charge in [0.2, 0.25) is 0 Å². The van der Waals surface area contributed by atoms with Crippen molar-refractivity contribution in [2.75, 3.05) is 5.32 Å². The molecule has 0 aliphatic rings. The van der Waals surface area contributed by atoms with Gasteiger partial charge in [0.25, 0.3) is 5.63 Å². The van der Waals surface area contributed by atoms with Gasteiger partial charge in [0.05, 0.1) is 5.02 Å². The summed E-state index contributed by atoms with van der Waals surface area (Å²) in [5.74, 6) is -0.515. The van der Waals surface area contributed by atoms with Gasteiger partial charge in [0.15, 0.2) is 0 Å². The second-order valence-corrected chi connectivity index (χ2v) is 4.33. The molecule has 0 saturated carbocycles. The second kappa shape index (κ2) is 7.07. The van der Waals surface area contributed by atoms with Crippen LogP contribution in [0.2, 0.25) is 5.02 Å². The zero-order valence-electron chi connectivity index (χ0n) is 10.1. The highest BCUT2D eigenvalue weighted by Crippen LogP contribution is 2.34. The largest absolute Gasteiger partial charge is 0.444 e. The number of benzene rings is 1. The normalized spacial score (nSPS) is 11.8. The summed E-state index contributed by atoms with van der Waals surface area (Å²) in [4.78, 5) is 0. The fourth-order valence-corrected chi connectivity index (χ4v) is 1.31. The predicted molar refractivity (Wildman–Crippen MR) is 70.7 cm³/mol. The van der Waals surface area contributed by atoms with Crippen LogP contribution in [0, 0.1) is 22.7 Å². The molecule has 4 nitrogen and oxygen atoms in total. The van der Waals surface area contributed by atoms with E-state index in [0.717, 1.165) is 12.3 Å². The first kappa shape index (κ1) is 17.0. The summed E-state index contributed by atoms with van der Waals surface area (Å²) < 4.78 is 42.7. The lowest BCUT2D eigenvalue weighted by Gasteiger charge is -2.19. The van der Waals surface area contributed by atoms with E-state index in [2.05, 4.69) is 21.7 Å². The Morgan fingerprint density at radius 3 is 2.52 bits per heavy atom. The quantitative estimate of drug-likeness (QED) is 0.647. The van der Waals surface area contributed by atoms with Crippen molar-refractivity contribution in [2.45, 2.75) is 11.7 Å². The first-order valence-electron chi connectivity index (χ1n) is 5.21. The van der Waals surface area contributed by atoms with Gasteiger partial charge in [-0.1, -0.05) is 23.2 Å². The lowest BCUT2D eigenvalue weighted by molar-refractivity contribution is -0.198. The van der Waals surface area contributed by atoms with Gasteiger partial charge in [0, 0.05) is 18.0 Å². The van der Waals surface area contributed by atoms with Gasteiger partial charge in [-0.05, 0) is 12.1 Å². The van der Waals surface area contributed by atoms with Gasteiger partial charge < -0.3 is 10.1 Å². The first-order chi connectivity index (χ1) is 9.80. The molecule has 0 fully saturated rings. The van der Waals surface area contributed by atoms with Gasteiger partial charge in [-0.25, -0.2) is 4.39 Å². The number of nitrogens with one attached hydrogen (secondary N) is 1. The van der Waals surface area contributed by atoms with Crippen molar-refractivity contribution in [3.8, 4) is 17.9 Å². The minimum atomic E-state index is -4.26. The molecule has 1 aromatic carbocycles. The van der Waals surface area contributed by atoms with E-state index in [1.54, 1.807) is 12.1 Å². The first-order valence-corrected chi connectivity index (χ1v) is 6.03. The minimum absolute atomic E-state index is 0.192. The van der Waals surface area contributed by atoms with Crippen LogP contribution in [0.4, 0.5) is 18.9 Å². The van der Waals surface area contributed by atoms with E-state index >= 15 is 0 Å². The molecular weight excluding hydrogens is 330 g/mol. The molecule has 1 atom stereocenters. The van der Waals surface area contributed by atoms with Crippen molar-refractivity contribution >= 4 is 28.9 Å². The average Bonchev–Trinajstić information content (AvgIpc) is 2.43. The number of anilines is 1. The highest BCUT2D eigenvalue weighted by atomic mass is 35.5. The van der Waals surface area contributed by atoms with Crippen molar-refractivity contribution in [1.29, 1.82) is 10.5 Å². The summed E-state index contributed by atoms with van der Waals surface area (Å²) in [6.07, 6.45) is -3.20. The van der Waals surface area contributed by atoms with Gasteiger partial charge in [-0.15, -0.1) is 0 Å². The molecule has 0 spiro atoms. The zero-order valence-corrected chi connectivity index (χ0v) is 11.6. The molecule has 1 N–H and O–H groups in total. The Hall–Kier alpha value is -2.09. The smallest absolute Gasteiger partial charge is 0.428 e. The van der Waals surface area contributed by atoms with Crippen molar-refractivity contribution < 1.29 is 17.9 Å². The zero-order chi connectivity index (χ0) is 16.0. The molecule has 0 radical (unpaired) electrons. The van der Waals surface area contributed by atoms with E-state index in [4.69, 9.17) is 22.1 Å². The molecule has 21 heavy (non-hydrogen) atoms. The number of ether oxygens (including phenoxy) is 1. The molecule has 110 valence electrons. The number of allylic oxidation sites excluding steroid dienone is 1. The summed E-state index contributed by atoms with van der Waals surface area (Å²) in [6, 6.07) is 6.82. The molecule has 0 aliphatic heterocycles. The van der Waals surface area contributed by atoms with Crippen LogP contribution < -0.4 is 10.1 Å². The van der Waals surface area contributed by atoms with Gasteiger partial charge >= 0.3 is 6.11 Å². The number of nitrogens with zero attached hydrogens (tertiary/aromatic N) is 2. The molecule has 0 amide bonds. The maximum absolute atomic E-state index is 13.1. The summed E-state index contributed by atoms with van der Waals surface area (Å²) >= 11 is 10.3. The molecule has 1 rings (SSSR count). The monoisotopic (exact) mass is 335 g/mol. The van der Waals surface area contributed by atoms with Crippen LogP contribution in [0.15, 0.2) is 30.0 Å². The van der Waals surface area contributed by atoms with Crippen LogP contribution in [0.1, 0.15) is 0 Å². The van der Waals surface area contributed by atoms with Crippen LogP contribution in [-0.4, -0.2) is 11.7 Å². The number of hydrogen-bond donors (Lipinski definition) is 1. The van der Waals surface area contributed by atoms with Crippen molar-refractivity contribution in [3.63, 3.8) is 0 Å². The Morgan fingerprint density at radius 2 is 2.00 bits per heavy atom. The molecule has 1 unspecified atom stereocenters. The van der Waals surface area contributed by atoms with Crippen LogP contribution in [0.25, 0.3) is 0 Å². The van der Waals surface area contributed by atoms with Gasteiger partial charge in [-0.3, -0.25) is 0 Å². The van der Waals surface area contributed by atoms with Gasteiger partial charge in [0.1, 0.15) is 23.5 Å². The highest BCUT2D eigenvalue weighted by molar-refractivity contribution is 6.32. The van der Waals surface area contributed by atoms with Crippen molar-refractivity contribution in [2.24, 2.45) is 0 Å². The van der Waals surface area contributed by atoms with E-state index < -0.39 is 17.5 Å². The number of halogens is 5. The molecule has 0 bridgehead atoms. The third-order valence-electron chi connectivity index (χ3n) is 2.06. The van der Waals surface area contributed by atoms with Crippen molar-refractivity contribution in [1.82, 2.24) is 0 Å². The third kappa shape index (κ3) is 4.75. The van der Waals surface area contributed by atoms with E-state index in [9.17, 15) is 13.2 Å². The molecule has 0 saturated heterocycles. The minimum Gasteiger partial charge on any atom is -0.428 e. The predicted octanol–water partition coefficient (Wildman–Crippen LogP) is 4.19. The number of nitriles is 2. The topological polar surface area (TPSA) is 68.8 Å². The van der Waals surface area contributed by atoms with Crippen LogP contribution in [0.3, 0.4) is 0 Å². The number of rotatable bonds is 5. The molecule has 9 heteroatoms. The van der Waals surface area contributed by atoms with Crippen LogP contribution in [0.5, 0.6) is 5.75 Å². The Labute approximate surface area is 127 Å². The van der Waals surface area contributed by atoms with Crippen LogP contribution in [-0.2, 0) is 0 Å². The maximum Gasteiger partial charge on any atom is 0.444 e. The molecule has 0 heterocycles. The summed E-state index contributed by atoms with van der Waals surface area (Å²) in [5, 5.41) is 19.4. The highest BCUT2D eigenvalue weighted by Gasteiger charge is 2.42. The SMILES string of the molecule is N#CC(C#N)=CNc1ccc(Cl)c(OC(F)(F)C(F)Cl)c1. The third-order valence-corrected chi connectivity index (χ3v) is 2.62. The number of hydrogen-bond acceptors (Lipinski definition) is 4. The summed E-state index contributed by atoms with van der Waals surface area (Å²) in [6.45, 7) is 0. The maximum atomic E-state index is 13.1. The fraction of sp³-hybridized carbons (Fsp3) is 0.167. The lowest BCUT2D eigenvalue weighted by Crippen LogP contribution is -2.32. The molecule has 1 aromatic rings. The van der Waals surface area contributed by atoms with Crippen molar-refractivity contribution in [3.05, 3.63) is 35.0 Å². The summed E-state index contributed by atoms with van der Waals surface area (Å²) in [5.41, 5.74) is -3.09. The molecule has 0 aliphatic carbocycles. The van der Waals surface area contributed by atoms with E-state index in [0.29, 0.717) is 0 Å². The van der Waals surface area contributed by atoms with E-state index in [-0.39, 0.29) is 16.3 Å². The summed E-state index contributed by atoms with van der Waals surface area (Å²) in [7, 11) is 0. The fourth-order valence-electron chi connectivity index (χ4n) is 1.11. The molecule has 0 aromatic heterocycles. The lowest BCUT2D eigenvalue weighted by atomic mass is 10.3. The number of alkyl halides is 4. The molecular formula is C12H6Cl2F3N3O. The standard InChI is InChI=1S/C12H6Cl2F3N3O/c13-9-2-1-8(20-6-7(4-18)5-19)3-10(9)21-12(16,17)11(14)15/h1-3,6,11,20H. The Kier molecular flexibility index (Phi) is 5.71. The average molecular weight is 336 g/mol. The van der Waals surface area contributed by atoms with E-state index in [1.807, 2.05) is 0 Å². The second-order valence-electron chi connectivity index (χ2n) is 3.54.